The maximum atomic E-state index is 11.1. The summed E-state index contributed by atoms with van der Waals surface area (Å²) in [5.74, 6) is 5.34. The molecular formula is C9H12N2O2. The number of aryl methyl sites for hydroxylation is 1. The SMILES string of the molecule is COc1cc(C)cc(C(=O)NN)c1. The highest BCUT2D eigenvalue weighted by Gasteiger charge is 2.05. The summed E-state index contributed by atoms with van der Waals surface area (Å²) in [5.41, 5.74) is 3.52. The number of benzene rings is 1. The fraction of sp³-hybridized carbons (Fsp3) is 0.222. The molecule has 13 heavy (non-hydrogen) atoms. The van der Waals surface area contributed by atoms with Gasteiger partial charge in [0.1, 0.15) is 5.75 Å². The molecule has 1 aromatic rings. The molecule has 0 aliphatic heterocycles. The predicted molar refractivity (Wildman–Crippen MR) is 49.4 cm³/mol. The van der Waals surface area contributed by atoms with Gasteiger partial charge >= 0.3 is 0 Å². The minimum atomic E-state index is -0.318. The topological polar surface area (TPSA) is 64.3 Å². The summed E-state index contributed by atoms with van der Waals surface area (Å²) >= 11 is 0. The number of carbonyl (C=O) groups excluding carboxylic acids is 1. The Morgan fingerprint density at radius 2 is 2.15 bits per heavy atom. The Morgan fingerprint density at radius 1 is 1.46 bits per heavy atom. The van der Waals surface area contributed by atoms with Crippen LogP contribution in [0, 0.1) is 6.92 Å². The van der Waals surface area contributed by atoms with E-state index in [1.54, 1.807) is 19.2 Å². The van der Waals surface area contributed by atoms with Gasteiger partial charge < -0.3 is 4.74 Å². The zero-order valence-electron chi connectivity index (χ0n) is 7.63. The van der Waals surface area contributed by atoms with Gasteiger partial charge in [-0.15, -0.1) is 0 Å². The Balaban J connectivity index is 3.08. The van der Waals surface area contributed by atoms with Crippen molar-refractivity contribution < 1.29 is 9.53 Å². The third-order valence-corrected chi connectivity index (χ3v) is 1.68. The smallest absolute Gasteiger partial charge is 0.265 e. The third kappa shape index (κ3) is 2.19. The molecule has 0 aliphatic carbocycles. The molecule has 0 aliphatic rings. The molecule has 0 bridgehead atoms. The van der Waals surface area contributed by atoms with Gasteiger partial charge in [-0.3, -0.25) is 10.2 Å². The quantitative estimate of drug-likeness (QED) is 0.398. The van der Waals surface area contributed by atoms with Crippen LogP contribution in [0.3, 0.4) is 0 Å². The van der Waals surface area contributed by atoms with Crippen molar-refractivity contribution in [2.24, 2.45) is 5.84 Å². The van der Waals surface area contributed by atoms with Gasteiger partial charge in [0.05, 0.1) is 7.11 Å². The lowest BCUT2D eigenvalue weighted by Gasteiger charge is -2.04. The Kier molecular flexibility index (Phi) is 2.87. The molecule has 0 spiro atoms. The molecule has 0 saturated heterocycles. The highest BCUT2D eigenvalue weighted by atomic mass is 16.5. The van der Waals surface area contributed by atoms with Gasteiger partial charge in [-0.1, -0.05) is 0 Å². The molecule has 0 saturated carbocycles. The molecule has 1 rings (SSSR count). The minimum Gasteiger partial charge on any atom is -0.497 e. The number of nitrogen functional groups attached to an aromatic ring is 1. The molecule has 0 unspecified atom stereocenters. The first-order valence-corrected chi connectivity index (χ1v) is 3.84. The monoisotopic (exact) mass is 180 g/mol. The van der Waals surface area contributed by atoms with Crippen LogP contribution in [-0.2, 0) is 0 Å². The molecule has 0 fully saturated rings. The van der Waals surface area contributed by atoms with Crippen molar-refractivity contribution in [1.82, 2.24) is 5.43 Å². The largest absolute Gasteiger partial charge is 0.497 e. The van der Waals surface area contributed by atoms with Crippen LogP contribution in [0.15, 0.2) is 18.2 Å². The van der Waals surface area contributed by atoms with Crippen molar-refractivity contribution in [3.63, 3.8) is 0 Å². The second kappa shape index (κ2) is 3.91. The van der Waals surface area contributed by atoms with Gasteiger partial charge in [0, 0.05) is 5.56 Å². The van der Waals surface area contributed by atoms with E-state index in [9.17, 15) is 4.79 Å². The lowest BCUT2D eigenvalue weighted by Crippen LogP contribution is -2.30. The van der Waals surface area contributed by atoms with Gasteiger partial charge in [0.15, 0.2) is 0 Å². The van der Waals surface area contributed by atoms with Gasteiger partial charge in [-0.2, -0.15) is 0 Å². The van der Waals surface area contributed by atoms with Crippen molar-refractivity contribution in [1.29, 1.82) is 0 Å². The van der Waals surface area contributed by atoms with Crippen molar-refractivity contribution in [3.05, 3.63) is 29.3 Å². The molecule has 0 radical (unpaired) electrons. The highest BCUT2D eigenvalue weighted by molar-refractivity contribution is 5.94. The van der Waals surface area contributed by atoms with Crippen molar-refractivity contribution in [2.75, 3.05) is 7.11 Å². The summed E-state index contributed by atoms with van der Waals surface area (Å²) in [6.45, 7) is 1.88. The number of hydrazine groups is 1. The second-order valence-electron chi connectivity index (χ2n) is 2.71. The van der Waals surface area contributed by atoms with Gasteiger partial charge in [-0.25, -0.2) is 5.84 Å². The summed E-state index contributed by atoms with van der Waals surface area (Å²) in [4.78, 5) is 11.1. The fourth-order valence-corrected chi connectivity index (χ4v) is 1.08. The van der Waals surface area contributed by atoms with Gasteiger partial charge in [0.2, 0.25) is 0 Å². The Hall–Kier alpha value is -1.55. The van der Waals surface area contributed by atoms with E-state index in [1.807, 2.05) is 13.0 Å². The zero-order valence-corrected chi connectivity index (χ0v) is 7.63. The summed E-state index contributed by atoms with van der Waals surface area (Å²) in [6.07, 6.45) is 0. The number of hydrogen-bond acceptors (Lipinski definition) is 3. The lowest BCUT2D eigenvalue weighted by atomic mass is 10.1. The number of hydrogen-bond donors (Lipinski definition) is 2. The molecule has 0 aromatic heterocycles. The first-order chi connectivity index (χ1) is 6.17. The van der Waals surface area contributed by atoms with Crippen LogP contribution in [-0.4, -0.2) is 13.0 Å². The first-order valence-electron chi connectivity index (χ1n) is 3.84. The first kappa shape index (κ1) is 9.54. The molecule has 3 N–H and O–H groups in total. The van der Waals surface area contributed by atoms with E-state index in [0.29, 0.717) is 11.3 Å². The number of methoxy groups -OCH3 is 1. The number of rotatable bonds is 2. The van der Waals surface area contributed by atoms with Crippen LogP contribution >= 0.6 is 0 Å². The predicted octanol–water partition coefficient (Wildman–Crippen LogP) is 0.607. The molecule has 0 atom stereocenters. The maximum absolute atomic E-state index is 11.1. The van der Waals surface area contributed by atoms with Gasteiger partial charge in [-0.05, 0) is 30.7 Å². The number of nitrogens with two attached hydrogens (primary N) is 1. The standard InChI is InChI=1S/C9H12N2O2/c1-6-3-7(9(12)11-10)5-8(4-6)13-2/h3-5H,10H2,1-2H3,(H,11,12). The summed E-state index contributed by atoms with van der Waals surface area (Å²) in [7, 11) is 1.55. The van der Waals surface area contributed by atoms with Crippen LogP contribution in [0.25, 0.3) is 0 Å². The lowest BCUT2D eigenvalue weighted by molar-refractivity contribution is 0.0953. The van der Waals surface area contributed by atoms with Gasteiger partial charge in [0.25, 0.3) is 5.91 Å². The summed E-state index contributed by atoms with van der Waals surface area (Å²) in [5, 5.41) is 0. The normalized spacial score (nSPS) is 9.46. The van der Waals surface area contributed by atoms with Crippen molar-refractivity contribution in [3.8, 4) is 5.75 Å². The van der Waals surface area contributed by atoms with Crippen LogP contribution in [0.1, 0.15) is 15.9 Å². The second-order valence-corrected chi connectivity index (χ2v) is 2.71. The van der Waals surface area contributed by atoms with E-state index in [1.165, 1.54) is 0 Å². The molecule has 70 valence electrons. The Labute approximate surface area is 76.7 Å². The zero-order chi connectivity index (χ0) is 9.84. The molecule has 1 aromatic carbocycles. The molecule has 1 amide bonds. The van der Waals surface area contributed by atoms with Crippen LogP contribution in [0.5, 0.6) is 5.75 Å². The van der Waals surface area contributed by atoms with Crippen molar-refractivity contribution >= 4 is 5.91 Å². The average Bonchev–Trinajstić information content (AvgIpc) is 2.15. The summed E-state index contributed by atoms with van der Waals surface area (Å²) in [6, 6.07) is 5.22. The minimum absolute atomic E-state index is 0.318. The van der Waals surface area contributed by atoms with Crippen LogP contribution < -0.4 is 16.0 Å². The third-order valence-electron chi connectivity index (χ3n) is 1.68. The number of carbonyl (C=O) groups is 1. The molecule has 4 nitrogen and oxygen atoms in total. The number of ether oxygens (including phenoxy) is 1. The van der Waals surface area contributed by atoms with Crippen LogP contribution in [0.4, 0.5) is 0 Å². The van der Waals surface area contributed by atoms with Crippen LogP contribution in [0.2, 0.25) is 0 Å². The van der Waals surface area contributed by atoms with E-state index >= 15 is 0 Å². The number of nitrogens with one attached hydrogen (secondary N) is 1. The van der Waals surface area contributed by atoms with E-state index in [-0.39, 0.29) is 5.91 Å². The van der Waals surface area contributed by atoms with E-state index in [2.05, 4.69) is 5.43 Å². The fourth-order valence-electron chi connectivity index (χ4n) is 1.08. The number of amides is 1. The average molecular weight is 180 g/mol. The maximum Gasteiger partial charge on any atom is 0.265 e. The molecule has 4 heteroatoms. The summed E-state index contributed by atoms with van der Waals surface area (Å²) < 4.78 is 5.01. The molecular weight excluding hydrogens is 168 g/mol. The van der Waals surface area contributed by atoms with E-state index in [4.69, 9.17) is 10.6 Å². The Bertz CT molecular complexity index is 323. The van der Waals surface area contributed by atoms with E-state index < -0.39 is 0 Å². The molecule has 0 heterocycles. The van der Waals surface area contributed by atoms with Crippen molar-refractivity contribution in [2.45, 2.75) is 6.92 Å². The Morgan fingerprint density at radius 3 is 2.69 bits per heavy atom. The highest BCUT2D eigenvalue weighted by Crippen LogP contribution is 2.15. The van der Waals surface area contributed by atoms with E-state index in [0.717, 1.165) is 5.56 Å².